The van der Waals surface area contributed by atoms with Crippen molar-refractivity contribution in [2.75, 3.05) is 6.61 Å². The molecule has 0 aromatic rings. The van der Waals surface area contributed by atoms with E-state index in [4.69, 9.17) is 10.8 Å². The van der Waals surface area contributed by atoms with Gasteiger partial charge in [-0.2, -0.15) is 0 Å². The Bertz CT molecular complexity index is 221. The Morgan fingerprint density at radius 3 is 2.69 bits per heavy atom. The van der Waals surface area contributed by atoms with Gasteiger partial charge in [0.1, 0.15) is 5.83 Å². The molecule has 1 atom stereocenters. The maximum atomic E-state index is 12.6. The number of aliphatic hydroxyl groups is 1. The first-order valence-electron chi connectivity index (χ1n) is 4.17. The van der Waals surface area contributed by atoms with Crippen LogP contribution in [0.2, 0.25) is 0 Å². The van der Waals surface area contributed by atoms with Crippen molar-refractivity contribution in [3.8, 4) is 0 Å². The van der Waals surface area contributed by atoms with Gasteiger partial charge < -0.3 is 10.8 Å². The lowest BCUT2D eigenvalue weighted by Crippen LogP contribution is -2.22. The van der Waals surface area contributed by atoms with E-state index in [1.807, 2.05) is 0 Å². The van der Waals surface area contributed by atoms with E-state index in [2.05, 4.69) is 6.58 Å². The van der Waals surface area contributed by atoms with Crippen molar-refractivity contribution in [2.45, 2.75) is 19.4 Å². The molecule has 0 unspecified atom stereocenters. The molecule has 0 aromatic carbocycles. The number of halogens is 1. The molecule has 3 heteroatoms. The van der Waals surface area contributed by atoms with Crippen molar-refractivity contribution in [1.29, 1.82) is 0 Å². The third kappa shape index (κ3) is 5.33. The summed E-state index contributed by atoms with van der Waals surface area (Å²) in [6.45, 7) is 5.28. The molecule has 0 amide bonds. The lowest BCUT2D eigenvalue weighted by atomic mass is 10.1. The number of hydrogen-bond donors (Lipinski definition) is 2. The molecule has 0 spiro atoms. The first-order chi connectivity index (χ1) is 6.11. The van der Waals surface area contributed by atoms with Crippen LogP contribution >= 0.6 is 0 Å². The third-order valence-corrected chi connectivity index (χ3v) is 1.65. The topological polar surface area (TPSA) is 46.2 Å². The first kappa shape index (κ1) is 12.1. The van der Waals surface area contributed by atoms with Crippen LogP contribution in [0.15, 0.2) is 36.2 Å². The Balaban J connectivity index is 4.06. The summed E-state index contributed by atoms with van der Waals surface area (Å²) in [5, 5.41) is 8.58. The van der Waals surface area contributed by atoms with E-state index in [-0.39, 0.29) is 18.5 Å². The van der Waals surface area contributed by atoms with Gasteiger partial charge in [0.2, 0.25) is 0 Å². The molecule has 74 valence electrons. The summed E-state index contributed by atoms with van der Waals surface area (Å²) in [6.07, 6.45) is 4.62. The summed E-state index contributed by atoms with van der Waals surface area (Å²) in [5.41, 5.74) is 6.22. The van der Waals surface area contributed by atoms with Gasteiger partial charge in [-0.3, -0.25) is 0 Å². The highest BCUT2D eigenvalue weighted by Crippen LogP contribution is 2.06. The summed E-state index contributed by atoms with van der Waals surface area (Å²) < 4.78 is 12.6. The standard InChI is InChI=1S/C10H16FNO/c1-3-9(11)5-4-8(2)10(12)6-7-13/h3-5,10,13H,2,6-7,12H2,1H3/b5-4-,9-3+/t10-/m0/s1. The highest BCUT2D eigenvalue weighted by atomic mass is 19.1. The Morgan fingerprint density at radius 2 is 2.23 bits per heavy atom. The zero-order valence-corrected chi connectivity index (χ0v) is 7.83. The molecule has 0 aliphatic rings. The number of allylic oxidation sites excluding steroid dienone is 3. The fourth-order valence-corrected chi connectivity index (χ4v) is 0.731. The Kier molecular flexibility index (Phi) is 6.10. The summed E-state index contributed by atoms with van der Waals surface area (Å²) in [7, 11) is 0. The van der Waals surface area contributed by atoms with Crippen LogP contribution in [0.25, 0.3) is 0 Å². The van der Waals surface area contributed by atoms with Crippen molar-refractivity contribution in [1.82, 2.24) is 0 Å². The van der Waals surface area contributed by atoms with Crippen LogP contribution in [0.3, 0.4) is 0 Å². The van der Waals surface area contributed by atoms with Crippen molar-refractivity contribution in [3.63, 3.8) is 0 Å². The predicted octanol–water partition coefficient (Wildman–Crippen LogP) is 1.68. The molecule has 0 aliphatic carbocycles. The lowest BCUT2D eigenvalue weighted by molar-refractivity contribution is 0.282. The van der Waals surface area contributed by atoms with E-state index < -0.39 is 0 Å². The molecular formula is C10H16FNO. The van der Waals surface area contributed by atoms with Crippen LogP contribution in [0.1, 0.15) is 13.3 Å². The van der Waals surface area contributed by atoms with E-state index in [0.29, 0.717) is 12.0 Å². The quantitative estimate of drug-likeness (QED) is 0.640. The minimum Gasteiger partial charge on any atom is -0.396 e. The largest absolute Gasteiger partial charge is 0.396 e. The molecule has 0 bridgehead atoms. The molecular weight excluding hydrogens is 169 g/mol. The normalized spacial score (nSPS) is 14.9. The minimum atomic E-state index is -0.322. The fraction of sp³-hybridized carbons (Fsp3) is 0.400. The number of rotatable bonds is 5. The van der Waals surface area contributed by atoms with Crippen LogP contribution in [0, 0.1) is 0 Å². The van der Waals surface area contributed by atoms with Crippen molar-refractivity contribution < 1.29 is 9.50 Å². The minimum absolute atomic E-state index is 0.0140. The molecule has 2 nitrogen and oxygen atoms in total. The molecule has 0 saturated heterocycles. The molecule has 0 aliphatic heterocycles. The number of nitrogens with two attached hydrogens (primary N) is 1. The van der Waals surface area contributed by atoms with Gasteiger partial charge in [0.15, 0.2) is 0 Å². The Labute approximate surface area is 78.3 Å². The Morgan fingerprint density at radius 1 is 1.62 bits per heavy atom. The van der Waals surface area contributed by atoms with E-state index in [1.165, 1.54) is 18.2 Å². The molecule has 0 aromatic heterocycles. The van der Waals surface area contributed by atoms with Crippen LogP contribution in [0.5, 0.6) is 0 Å². The Hall–Kier alpha value is -0.930. The second kappa shape index (κ2) is 6.57. The lowest BCUT2D eigenvalue weighted by Gasteiger charge is -2.08. The van der Waals surface area contributed by atoms with Gasteiger partial charge in [0.25, 0.3) is 0 Å². The van der Waals surface area contributed by atoms with Crippen molar-refractivity contribution in [2.24, 2.45) is 5.73 Å². The summed E-state index contributed by atoms with van der Waals surface area (Å²) >= 11 is 0. The molecule has 0 saturated carbocycles. The van der Waals surface area contributed by atoms with Gasteiger partial charge >= 0.3 is 0 Å². The maximum absolute atomic E-state index is 12.6. The highest BCUT2D eigenvalue weighted by molar-refractivity contribution is 5.25. The van der Waals surface area contributed by atoms with Gasteiger partial charge in [0.05, 0.1) is 0 Å². The van der Waals surface area contributed by atoms with E-state index >= 15 is 0 Å². The maximum Gasteiger partial charge on any atom is 0.118 e. The SMILES string of the molecule is C=C(/C=C\C(F)=C/C)[C@@H](N)CCO. The summed E-state index contributed by atoms with van der Waals surface area (Å²) in [5.74, 6) is -0.322. The van der Waals surface area contributed by atoms with Crippen molar-refractivity contribution in [3.05, 3.63) is 36.2 Å². The average Bonchev–Trinajstić information content (AvgIpc) is 2.13. The molecule has 0 radical (unpaired) electrons. The predicted molar refractivity (Wildman–Crippen MR) is 52.8 cm³/mol. The van der Waals surface area contributed by atoms with E-state index in [9.17, 15) is 4.39 Å². The van der Waals surface area contributed by atoms with Crippen molar-refractivity contribution >= 4 is 0 Å². The number of aliphatic hydroxyl groups excluding tert-OH is 1. The number of hydrogen-bond acceptors (Lipinski definition) is 2. The fourth-order valence-electron chi connectivity index (χ4n) is 0.731. The third-order valence-electron chi connectivity index (χ3n) is 1.65. The van der Waals surface area contributed by atoms with Crippen LogP contribution in [-0.2, 0) is 0 Å². The van der Waals surface area contributed by atoms with Gasteiger partial charge in [-0.05, 0) is 25.0 Å². The molecule has 0 rings (SSSR count). The summed E-state index contributed by atoms with van der Waals surface area (Å²) in [6, 6.07) is -0.300. The zero-order chi connectivity index (χ0) is 10.3. The van der Waals surface area contributed by atoms with E-state index in [1.54, 1.807) is 6.92 Å². The average molecular weight is 185 g/mol. The first-order valence-corrected chi connectivity index (χ1v) is 4.17. The smallest absolute Gasteiger partial charge is 0.118 e. The summed E-state index contributed by atoms with van der Waals surface area (Å²) in [4.78, 5) is 0. The van der Waals surface area contributed by atoms with Crippen LogP contribution in [-0.4, -0.2) is 17.8 Å². The van der Waals surface area contributed by atoms with Gasteiger partial charge in [0, 0.05) is 12.6 Å². The monoisotopic (exact) mass is 185 g/mol. The zero-order valence-electron chi connectivity index (χ0n) is 7.83. The molecule has 13 heavy (non-hydrogen) atoms. The molecule has 0 heterocycles. The second-order valence-electron chi connectivity index (χ2n) is 2.70. The van der Waals surface area contributed by atoms with Gasteiger partial charge in [-0.25, -0.2) is 4.39 Å². The highest BCUT2D eigenvalue weighted by Gasteiger charge is 2.02. The van der Waals surface area contributed by atoms with Gasteiger partial charge in [-0.15, -0.1) is 0 Å². The van der Waals surface area contributed by atoms with Gasteiger partial charge in [-0.1, -0.05) is 18.7 Å². The van der Waals surface area contributed by atoms with E-state index in [0.717, 1.165) is 0 Å². The van der Waals surface area contributed by atoms with Crippen LogP contribution < -0.4 is 5.73 Å². The molecule has 3 N–H and O–H groups in total. The van der Waals surface area contributed by atoms with Crippen LogP contribution in [0.4, 0.5) is 4.39 Å². The second-order valence-corrected chi connectivity index (χ2v) is 2.70. The molecule has 0 fully saturated rings.